The molecule has 3 N–H and O–H groups in total. The predicted octanol–water partition coefficient (Wildman–Crippen LogP) is -2.04. The molecule has 0 spiro atoms. The largest absolute Gasteiger partial charge is 2.00 e. The van der Waals surface area contributed by atoms with E-state index in [4.69, 9.17) is 9.73 Å². The molecule has 0 aliphatic rings. The van der Waals surface area contributed by atoms with E-state index in [2.05, 4.69) is 0 Å². The van der Waals surface area contributed by atoms with Crippen molar-refractivity contribution in [3.63, 3.8) is 0 Å². The summed E-state index contributed by atoms with van der Waals surface area (Å²) < 4.78 is 8.36. The smallest absolute Gasteiger partial charge is 1.00 e. The molecule has 0 rings (SSSR count). The quantitative estimate of drug-likeness (QED) is 0.459. The fourth-order valence-corrected chi connectivity index (χ4v) is 0. The zero-order valence-corrected chi connectivity index (χ0v) is 7.08. The average Bonchev–Trinajstić information content (AvgIpc) is 0.918. The molecule has 0 aromatic heterocycles. The van der Waals surface area contributed by atoms with Crippen molar-refractivity contribution in [1.29, 1.82) is 0 Å². The molecule has 5 heavy (non-hydrogen) atoms. The summed E-state index contributed by atoms with van der Waals surface area (Å²) in [5, 5.41) is 6.89. The molecule has 0 saturated carbocycles. The van der Waals surface area contributed by atoms with Gasteiger partial charge in [0.1, 0.15) is 0 Å². The molecule has 0 unspecified atom stereocenters. The molecule has 0 aromatic carbocycles. The molecule has 0 bridgehead atoms. The van der Waals surface area contributed by atoms with Gasteiger partial charge in [-0.15, -0.1) is 0 Å². The van der Waals surface area contributed by atoms with E-state index in [1.54, 1.807) is 0 Å². The van der Waals surface area contributed by atoms with Crippen LogP contribution in [0.15, 0.2) is 0 Å². The Balaban J connectivity index is -0.00000000333. The van der Waals surface area contributed by atoms with E-state index in [1.807, 2.05) is 0 Å². The Hall–Kier alpha value is 1.20. The summed E-state index contributed by atoms with van der Waals surface area (Å²) in [4.78, 5) is 0. The van der Waals surface area contributed by atoms with Crippen LogP contribution >= 0.6 is 0 Å². The van der Waals surface area contributed by atoms with Crippen molar-refractivity contribution in [1.82, 2.24) is 0 Å². The maximum absolute atomic E-state index is 8.36. The van der Waals surface area contributed by atoms with Gasteiger partial charge in [-0.2, -0.15) is 0 Å². The Bertz CT molecular complexity index is 20.4. The molecule has 28 valence electrons. The Morgan fingerprint density at radius 3 is 1.80 bits per heavy atom. The van der Waals surface area contributed by atoms with Crippen molar-refractivity contribution in [2.45, 2.75) is 0 Å². The molecular formula is H5BBaO3. The molecule has 0 aliphatic carbocycles. The van der Waals surface area contributed by atoms with Gasteiger partial charge in [0, 0.05) is 0 Å². The van der Waals surface area contributed by atoms with E-state index in [9.17, 15) is 0 Å². The van der Waals surface area contributed by atoms with Gasteiger partial charge in [-0.25, -0.2) is 0 Å². The van der Waals surface area contributed by atoms with Gasteiger partial charge in [-0.3, -0.25) is 0 Å². The van der Waals surface area contributed by atoms with E-state index >= 15 is 0 Å². The molecule has 0 atom stereocenters. The van der Waals surface area contributed by atoms with Crippen LogP contribution in [0.4, 0.5) is 0 Å². The minimum Gasteiger partial charge on any atom is -1.00 e. The van der Waals surface area contributed by atoms with Crippen LogP contribution in [0.5, 0.6) is 0 Å². The first-order valence-corrected chi connectivity index (χ1v) is 0.494. The maximum atomic E-state index is 8.36. The summed E-state index contributed by atoms with van der Waals surface area (Å²) in [7, 11) is -0.250. The van der Waals surface area contributed by atoms with Crippen LogP contribution in [0.25, 0.3) is 0 Å². The van der Waals surface area contributed by atoms with Gasteiger partial charge < -0.3 is 8.33 Å². The SMILES string of the molecule is O.O=BO.[Ba+2].[H-].[H-]. The first-order chi connectivity index (χ1) is 1.41. The summed E-state index contributed by atoms with van der Waals surface area (Å²) in [6.45, 7) is 0. The Labute approximate surface area is 73.4 Å². The molecule has 0 aromatic rings. The molecule has 5 heteroatoms. The second-order valence-corrected chi connectivity index (χ2v) is 0.105. The summed E-state index contributed by atoms with van der Waals surface area (Å²) in [5.74, 6) is 0. The second-order valence-electron chi connectivity index (χ2n) is 0.105. The van der Waals surface area contributed by atoms with Crippen molar-refractivity contribution in [3.8, 4) is 0 Å². The molecular weight excluding hydrogens is 196 g/mol. The second kappa shape index (κ2) is 19.0. The molecule has 0 radical (unpaired) electrons. The van der Waals surface area contributed by atoms with Crippen LogP contribution in [0.3, 0.4) is 0 Å². The van der Waals surface area contributed by atoms with Gasteiger partial charge in [0.05, 0.1) is 0 Å². The van der Waals surface area contributed by atoms with E-state index in [-0.39, 0.29) is 64.6 Å². The van der Waals surface area contributed by atoms with Crippen molar-refractivity contribution in [2.24, 2.45) is 0 Å². The van der Waals surface area contributed by atoms with Gasteiger partial charge in [0.25, 0.3) is 0 Å². The van der Waals surface area contributed by atoms with Crippen LogP contribution in [-0.4, -0.2) is 66.7 Å². The third-order valence-electron chi connectivity index (χ3n) is 0. The van der Waals surface area contributed by atoms with Crippen molar-refractivity contribution in [2.75, 3.05) is 0 Å². The molecule has 0 saturated heterocycles. The fraction of sp³-hybridized carbons (Fsp3) is 0. The molecule has 0 aliphatic heterocycles. The number of hydrogen-bond donors (Lipinski definition) is 1. The van der Waals surface area contributed by atoms with Crippen LogP contribution in [0.2, 0.25) is 0 Å². The van der Waals surface area contributed by atoms with E-state index in [0.29, 0.717) is 0 Å². The van der Waals surface area contributed by atoms with Crippen molar-refractivity contribution in [3.05, 3.63) is 0 Å². The van der Waals surface area contributed by atoms with Crippen LogP contribution in [-0.2, 0) is 4.70 Å². The normalized spacial score (nSPS) is 1.60. The first-order valence-electron chi connectivity index (χ1n) is 0.494. The van der Waals surface area contributed by atoms with Crippen LogP contribution in [0.1, 0.15) is 2.85 Å². The first kappa shape index (κ1) is 16.4. The predicted molar refractivity (Wildman–Crippen MR) is 20.3 cm³/mol. The van der Waals surface area contributed by atoms with Crippen molar-refractivity contribution >= 4 is 56.2 Å². The standard InChI is InChI=1S/BHO2.Ba.H2O.2H/c2-1-3;;;;/h2H;;1H2;;/q;+2;;2*-1. The topological polar surface area (TPSA) is 68.8 Å². The van der Waals surface area contributed by atoms with Crippen LogP contribution < -0.4 is 0 Å². The number of hydrogen-bond acceptors (Lipinski definition) is 1. The van der Waals surface area contributed by atoms with Gasteiger partial charge in [-0.05, 0) is 0 Å². The third-order valence-corrected chi connectivity index (χ3v) is 0. The molecule has 0 fully saturated rings. The Morgan fingerprint density at radius 2 is 1.80 bits per heavy atom. The van der Waals surface area contributed by atoms with Gasteiger partial charge >= 0.3 is 66.0 Å². The van der Waals surface area contributed by atoms with E-state index in [0.717, 1.165) is 0 Å². The van der Waals surface area contributed by atoms with E-state index < -0.39 is 0 Å². The van der Waals surface area contributed by atoms with Crippen molar-refractivity contribution < 1.29 is 18.1 Å². The van der Waals surface area contributed by atoms with Gasteiger partial charge in [0.2, 0.25) is 0 Å². The van der Waals surface area contributed by atoms with E-state index in [1.165, 1.54) is 0 Å². The Kier molecular flexibility index (Phi) is 62.1. The van der Waals surface area contributed by atoms with Crippen LogP contribution in [0, 0.1) is 0 Å². The number of rotatable bonds is 0. The zero-order chi connectivity index (χ0) is 2.71. The third kappa shape index (κ3) is 37.1. The monoisotopic (exact) mass is 202 g/mol. The summed E-state index contributed by atoms with van der Waals surface area (Å²) in [6.07, 6.45) is 0. The zero-order valence-electron chi connectivity index (χ0n) is 4.64. The Morgan fingerprint density at radius 1 is 1.80 bits per heavy atom. The van der Waals surface area contributed by atoms with Gasteiger partial charge in [0.15, 0.2) is 0 Å². The van der Waals surface area contributed by atoms with Gasteiger partial charge in [-0.1, -0.05) is 0 Å². The summed E-state index contributed by atoms with van der Waals surface area (Å²) in [5.41, 5.74) is 0. The molecule has 3 nitrogen and oxygen atoms in total. The maximum Gasteiger partial charge on any atom is 2.00 e. The molecule has 0 amide bonds. The minimum atomic E-state index is -0.250. The fourth-order valence-electron chi connectivity index (χ4n) is 0. The minimum absolute atomic E-state index is 0. The summed E-state index contributed by atoms with van der Waals surface area (Å²) in [6, 6.07) is 0. The summed E-state index contributed by atoms with van der Waals surface area (Å²) >= 11 is 0. The average molecular weight is 201 g/mol. The molecule has 0 heterocycles.